The minimum absolute atomic E-state index is 0.731. The van der Waals surface area contributed by atoms with E-state index in [0.29, 0.717) is 0 Å². The van der Waals surface area contributed by atoms with Crippen molar-refractivity contribution in [2.75, 3.05) is 5.32 Å². The monoisotopic (exact) mass is 222 g/mol. The molecule has 0 aromatic carbocycles. The number of hydrogen-bond donors (Lipinski definition) is 1. The zero-order valence-electron chi connectivity index (χ0n) is 9.42. The third kappa shape index (κ3) is 2.03. The van der Waals surface area contributed by atoms with Crippen LogP contribution >= 0.6 is 11.3 Å². The molecule has 0 saturated heterocycles. The summed E-state index contributed by atoms with van der Waals surface area (Å²) in [5.74, 6) is 1.89. The number of thiazole rings is 1. The van der Waals surface area contributed by atoms with Gasteiger partial charge in [-0.25, -0.2) is 4.98 Å². The molecule has 0 bridgehead atoms. The van der Waals surface area contributed by atoms with E-state index in [1.807, 2.05) is 11.3 Å². The van der Waals surface area contributed by atoms with Crippen LogP contribution in [-0.4, -0.2) is 11.0 Å². The molecule has 3 heteroatoms. The number of nitrogens with zero attached hydrogens (tertiary/aromatic N) is 1. The zero-order chi connectivity index (χ0) is 10.4. The van der Waals surface area contributed by atoms with Crippen LogP contribution in [0.25, 0.3) is 0 Å². The Morgan fingerprint density at radius 3 is 2.20 bits per heavy atom. The Balaban J connectivity index is 1.71. The number of hydrogen-bond acceptors (Lipinski definition) is 3. The highest BCUT2D eigenvalue weighted by Crippen LogP contribution is 2.46. The summed E-state index contributed by atoms with van der Waals surface area (Å²) < 4.78 is 0. The second-order valence-electron chi connectivity index (χ2n) is 5.01. The summed E-state index contributed by atoms with van der Waals surface area (Å²) in [6, 6.07) is 0.731. The second kappa shape index (κ2) is 3.48. The topological polar surface area (TPSA) is 24.9 Å². The maximum Gasteiger partial charge on any atom is 0.183 e. The molecular formula is C12H18N2S. The lowest BCUT2D eigenvalue weighted by Gasteiger charge is -2.16. The molecule has 1 aromatic heterocycles. The maximum atomic E-state index is 4.58. The van der Waals surface area contributed by atoms with E-state index in [9.17, 15) is 0 Å². The van der Waals surface area contributed by atoms with E-state index in [4.69, 9.17) is 0 Å². The van der Waals surface area contributed by atoms with Crippen molar-refractivity contribution in [3.8, 4) is 0 Å². The SMILES string of the molecule is Cc1nc(NC(C2CC2)C2CC2)sc1C. The van der Waals surface area contributed by atoms with E-state index in [2.05, 4.69) is 24.1 Å². The van der Waals surface area contributed by atoms with Gasteiger partial charge in [0.25, 0.3) is 0 Å². The first-order valence-electron chi connectivity index (χ1n) is 5.94. The fraction of sp³-hybridized carbons (Fsp3) is 0.750. The van der Waals surface area contributed by atoms with Gasteiger partial charge in [-0.15, -0.1) is 11.3 Å². The molecular weight excluding hydrogens is 204 g/mol. The van der Waals surface area contributed by atoms with Crippen molar-refractivity contribution in [3.63, 3.8) is 0 Å². The van der Waals surface area contributed by atoms with Crippen molar-refractivity contribution in [2.45, 2.75) is 45.6 Å². The molecule has 82 valence electrons. The van der Waals surface area contributed by atoms with E-state index in [-0.39, 0.29) is 0 Å². The molecule has 2 aliphatic carbocycles. The molecule has 1 aromatic rings. The van der Waals surface area contributed by atoms with Crippen molar-refractivity contribution >= 4 is 16.5 Å². The van der Waals surface area contributed by atoms with Crippen molar-refractivity contribution < 1.29 is 0 Å². The quantitative estimate of drug-likeness (QED) is 0.845. The first-order chi connectivity index (χ1) is 7.24. The fourth-order valence-corrected chi connectivity index (χ4v) is 3.07. The van der Waals surface area contributed by atoms with Gasteiger partial charge in [-0.05, 0) is 51.4 Å². The van der Waals surface area contributed by atoms with Gasteiger partial charge in [-0.1, -0.05) is 0 Å². The lowest BCUT2D eigenvalue weighted by atomic mass is 10.1. The largest absolute Gasteiger partial charge is 0.358 e. The molecule has 0 radical (unpaired) electrons. The summed E-state index contributed by atoms with van der Waals surface area (Å²) in [6.07, 6.45) is 5.71. The Morgan fingerprint density at radius 1 is 1.20 bits per heavy atom. The molecule has 1 heterocycles. The summed E-state index contributed by atoms with van der Waals surface area (Å²) in [5, 5.41) is 4.82. The number of anilines is 1. The molecule has 2 saturated carbocycles. The standard InChI is InChI=1S/C12H18N2S/c1-7-8(2)15-12(13-7)14-11(9-3-4-9)10-5-6-10/h9-11H,3-6H2,1-2H3,(H,13,14). The van der Waals surface area contributed by atoms with E-state index >= 15 is 0 Å². The van der Waals surface area contributed by atoms with Crippen molar-refractivity contribution in [1.29, 1.82) is 0 Å². The Morgan fingerprint density at radius 2 is 1.80 bits per heavy atom. The summed E-state index contributed by atoms with van der Waals surface area (Å²) in [5.41, 5.74) is 1.19. The average molecular weight is 222 g/mol. The fourth-order valence-electron chi connectivity index (χ4n) is 2.21. The van der Waals surface area contributed by atoms with E-state index < -0.39 is 0 Å². The Bertz CT molecular complexity index is 332. The molecule has 1 N–H and O–H groups in total. The molecule has 0 aliphatic heterocycles. The first kappa shape index (κ1) is 9.64. The second-order valence-corrected chi connectivity index (χ2v) is 6.21. The van der Waals surface area contributed by atoms with Crippen LogP contribution < -0.4 is 5.32 Å². The van der Waals surface area contributed by atoms with Crippen LogP contribution in [0.1, 0.15) is 36.3 Å². The van der Waals surface area contributed by atoms with Crippen LogP contribution in [-0.2, 0) is 0 Å². The van der Waals surface area contributed by atoms with Crippen LogP contribution in [0, 0.1) is 25.7 Å². The predicted molar refractivity (Wildman–Crippen MR) is 64.4 cm³/mol. The lowest BCUT2D eigenvalue weighted by molar-refractivity contribution is 0.567. The van der Waals surface area contributed by atoms with Crippen molar-refractivity contribution in [2.24, 2.45) is 11.8 Å². The Kier molecular flexibility index (Phi) is 2.23. The van der Waals surface area contributed by atoms with Gasteiger partial charge in [0.1, 0.15) is 0 Å². The normalized spacial score (nSPS) is 21.0. The van der Waals surface area contributed by atoms with Gasteiger partial charge in [0.15, 0.2) is 5.13 Å². The highest BCUT2D eigenvalue weighted by Gasteiger charge is 2.41. The average Bonchev–Trinajstić information content (AvgIpc) is 3.07. The molecule has 0 amide bonds. The molecule has 2 nitrogen and oxygen atoms in total. The smallest absolute Gasteiger partial charge is 0.183 e. The molecule has 3 rings (SSSR count). The predicted octanol–water partition coefficient (Wildman–Crippen LogP) is 3.36. The number of rotatable bonds is 4. The number of aromatic nitrogens is 1. The summed E-state index contributed by atoms with van der Waals surface area (Å²) >= 11 is 1.81. The Hall–Kier alpha value is -0.570. The van der Waals surface area contributed by atoms with Gasteiger partial charge < -0.3 is 5.32 Å². The van der Waals surface area contributed by atoms with Gasteiger partial charge in [-0.2, -0.15) is 0 Å². The Labute approximate surface area is 95.1 Å². The summed E-state index contributed by atoms with van der Waals surface area (Å²) in [7, 11) is 0. The van der Waals surface area contributed by atoms with Gasteiger partial charge in [0.05, 0.1) is 5.69 Å². The van der Waals surface area contributed by atoms with Crippen molar-refractivity contribution in [3.05, 3.63) is 10.6 Å². The minimum atomic E-state index is 0.731. The van der Waals surface area contributed by atoms with E-state index in [1.54, 1.807) is 0 Å². The highest BCUT2D eigenvalue weighted by atomic mass is 32.1. The van der Waals surface area contributed by atoms with Crippen LogP contribution in [0.3, 0.4) is 0 Å². The lowest BCUT2D eigenvalue weighted by Crippen LogP contribution is -2.24. The third-order valence-electron chi connectivity index (χ3n) is 3.58. The molecule has 0 unspecified atom stereocenters. The summed E-state index contributed by atoms with van der Waals surface area (Å²) in [4.78, 5) is 5.93. The van der Waals surface area contributed by atoms with Gasteiger partial charge >= 0.3 is 0 Å². The molecule has 0 atom stereocenters. The zero-order valence-corrected chi connectivity index (χ0v) is 10.2. The van der Waals surface area contributed by atoms with Gasteiger partial charge in [-0.3, -0.25) is 0 Å². The van der Waals surface area contributed by atoms with Crippen molar-refractivity contribution in [1.82, 2.24) is 4.98 Å². The first-order valence-corrected chi connectivity index (χ1v) is 6.76. The van der Waals surface area contributed by atoms with Crippen LogP contribution in [0.4, 0.5) is 5.13 Å². The highest BCUT2D eigenvalue weighted by molar-refractivity contribution is 7.15. The van der Waals surface area contributed by atoms with Crippen LogP contribution in [0.15, 0.2) is 0 Å². The van der Waals surface area contributed by atoms with Crippen LogP contribution in [0.5, 0.6) is 0 Å². The van der Waals surface area contributed by atoms with E-state index in [1.165, 1.54) is 36.3 Å². The van der Waals surface area contributed by atoms with Gasteiger partial charge in [0.2, 0.25) is 0 Å². The molecule has 2 fully saturated rings. The third-order valence-corrected chi connectivity index (χ3v) is 4.58. The van der Waals surface area contributed by atoms with E-state index in [0.717, 1.165) is 23.0 Å². The number of aryl methyl sites for hydroxylation is 2. The van der Waals surface area contributed by atoms with Crippen LogP contribution in [0.2, 0.25) is 0 Å². The molecule has 0 spiro atoms. The van der Waals surface area contributed by atoms with Gasteiger partial charge in [0, 0.05) is 10.9 Å². The number of nitrogens with one attached hydrogen (secondary N) is 1. The molecule has 15 heavy (non-hydrogen) atoms. The molecule has 2 aliphatic rings. The maximum absolute atomic E-state index is 4.58. The summed E-state index contributed by atoms with van der Waals surface area (Å²) in [6.45, 7) is 4.25. The minimum Gasteiger partial charge on any atom is -0.358 e.